The second-order valence-electron chi connectivity index (χ2n) is 18.1. The van der Waals surface area contributed by atoms with Gasteiger partial charge in [-0.05, 0) is 137 Å². The highest BCUT2D eigenvalue weighted by Gasteiger charge is 2.23. The summed E-state index contributed by atoms with van der Waals surface area (Å²) >= 11 is 0. The molecule has 17 heteroatoms. The summed E-state index contributed by atoms with van der Waals surface area (Å²) in [5.41, 5.74) is 29.1. The van der Waals surface area contributed by atoms with Crippen molar-refractivity contribution in [2.75, 3.05) is 21.3 Å². The third-order valence-corrected chi connectivity index (χ3v) is 11.6. The molecule has 4 aromatic heterocycles. The standard InChI is InChI=1S/C15H17N3O2.2C15H17N3O.C15H15N3O/c1-15(20,12-5-3-2-4-6-12)10-11-7-8-17-13(9-11)18-14(16)19;3*1-11(13-5-3-2-4-6-13)9-12-7-8-17-14(10-12)18-15(16)19/h2-9,20H,10H2,1H3,(H3,16,17,18,19);2*2-8,10-11H,9H2,1H3,(H3,16,17,18,19);2-10H,1H3,(H3,16,17,18,19). The first kappa shape index (κ1) is 58.2. The normalized spacial score (nSPS) is 12.1. The Morgan fingerprint density at radius 2 is 0.831 bits per heavy atom. The predicted molar refractivity (Wildman–Crippen MR) is 307 cm³/mol. The molecule has 3 atom stereocenters. The van der Waals surface area contributed by atoms with Crippen LogP contribution in [0, 0.1) is 0 Å². The zero-order valence-corrected chi connectivity index (χ0v) is 43.5. The molecule has 4 aromatic carbocycles. The van der Waals surface area contributed by atoms with Crippen molar-refractivity contribution in [2.45, 2.75) is 64.4 Å². The quantitative estimate of drug-likeness (QED) is 0.0471. The number of allylic oxidation sites excluding steroid dienone is 1. The van der Waals surface area contributed by atoms with Gasteiger partial charge in [0.05, 0.1) is 5.60 Å². The molecule has 8 rings (SSSR count). The number of aromatic nitrogens is 4. The molecule has 0 aliphatic rings. The van der Waals surface area contributed by atoms with Gasteiger partial charge in [0.15, 0.2) is 0 Å². The first-order valence-electron chi connectivity index (χ1n) is 24.6. The smallest absolute Gasteiger partial charge is 0.317 e. The lowest BCUT2D eigenvalue weighted by Crippen LogP contribution is -2.24. The maximum atomic E-state index is 10.8. The first-order valence-corrected chi connectivity index (χ1v) is 24.6. The van der Waals surface area contributed by atoms with Gasteiger partial charge < -0.3 is 28.0 Å². The van der Waals surface area contributed by atoms with Gasteiger partial charge in [0.25, 0.3) is 0 Å². The number of aliphatic hydroxyl groups is 1. The first-order chi connectivity index (χ1) is 36.9. The molecule has 0 radical (unpaired) electrons. The van der Waals surface area contributed by atoms with E-state index in [1.807, 2.05) is 128 Å². The molecule has 0 bridgehead atoms. The maximum absolute atomic E-state index is 10.8. The largest absolute Gasteiger partial charge is 0.385 e. The van der Waals surface area contributed by atoms with Crippen LogP contribution in [0.4, 0.5) is 42.4 Å². The van der Waals surface area contributed by atoms with E-state index in [9.17, 15) is 24.3 Å². The number of hydrogen-bond acceptors (Lipinski definition) is 9. The molecule has 0 spiro atoms. The number of nitrogens with one attached hydrogen (secondary N) is 4. The molecular weight excluding hydrogens is 969 g/mol. The lowest BCUT2D eigenvalue weighted by molar-refractivity contribution is 0.0576. The van der Waals surface area contributed by atoms with Gasteiger partial charge in [-0.3, -0.25) is 21.3 Å². The van der Waals surface area contributed by atoms with Crippen LogP contribution in [0.25, 0.3) is 11.6 Å². The van der Waals surface area contributed by atoms with Crippen molar-refractivity contribution in [3.63, 3.8) is 0 Å². The van der Waals surface area contributed by atoms with Crippen molar-refractivity contribution >= 4 is 59.0 Å². The highest BCUT2D eigenvalue weighted by Crippen LogP contribution is 2.26. The van der Waals surface area contributed by atoms with Gasteiger partial charge in [0, 0.05) is 31.2 Å². The van der Waals surface area contributed by atoms with Crippen LogP contribution in [-0.4, -0.2) is 49.2 Å². The summed E-state index contributed by atoms with van der Waals surface area (Å²) in [6, 6.07) is 52.4. The number of primary amides is 4. The summed E-state index contributed by atoms with van der Waals surface area (Å²) in [6.07, 6.45) is 10.8. The van der Waals surface area contributed by atoms with Crippen molar-refractivity contribution < 1.29 is 24.3 Å². The molecule has 0 fully saturated rings. The van der Waals surface area contributed by atoms with E-state index in [-0.39, 0.29) is 0 Å². The minimum atomic E-state index is -0.993. The van der Waals surface area contributed by atoms with E-state index in [0.717, 1.165) is 51.8 Å². The average Bonchev–Trinajstić information content (AvgIpc) is 3.40. The molecule has 8 amide bonds. The van der Waals surface area contributed by atoms with Gasteiger partial charge >= 0.3 is 24.1 Å². The topological polar surface area (TPSA) is 292 Å². The van der Waals surface area contributed by atoms with Crippen molar-refractivity contribution in [3.8, 4) is 0 Å². The van der Waals surface area contributed by atoms with Gasteiger partial charge in [-0.1, -0.05) is 141 Å². The Bertz CT molecular complexity index is 3060. The fourth-order valence-corrected chi connectivity index (χ4v) is 7.94. The Morgan fingerprint density at radius 1 is 0.494 bits per heavy atom. The number of urea groups is 4. The third kappa shape index (κ3) is 21.3. The number of amides is 8. The summed E-state index contributed by atoms with van der Waals surface area (Å²) in [7, 11) is 0. The van der Waals surface area contributed by atoms with Crippen molar-refractivity contribution in [1.29, 1.82) is 0 Å². The van der Waals surface area contributed by atoms with Crippen LogP contribution >= 0.6 is 0 Å². The highest BCUT2D eigenvalue weighted by atomic mass is 16.3. The van der Waals surface area contributed by atoms with E-state index in [0.29, 0.717) is 41.5 Å². The zero-order chi connectivity index (χ0) is 55.6. The molecule has 8 aromatic rings. The third-order valence-electron chi connectivity index (χ3n) is 11.6. The summed E-state index contributed by atoms with van der Waals surface area (Å²) in [6.45, 7) is 8.15. The Morgan fingerprint density at radius 3 is 1.23 bits per heavy atom. The number of carbonyl (C=O) groups excluding carboxylic acids is 4. The molecule has 0 aliphatic carbocycles. The molecular formula is C60H66N12O5. The van der Waals surface area contributed by atoms with E-state index in [1.54, 1.807) is 49.9 Å². The van der Waals surface area contributed by atoms with E-state index in [2.05, 4.69) is 91.4 Å². The fourth-order valence-electron chi connectivity index (χ4n) is 7.94. The Labute approximate surface area is 449 Å². The van der Waals surface area contributed by atoms with Crippen molar-refractivity contribution in [1.82, 2.24) is 19.9 Å². The molecule has 77 heavy (non-hydrogen) atoms. The van der Waals surface area contributed by atoms with Gasteiger partial charge in [-0.15, -0.1) is 0 Å². The summed E-state index contributed by atoms with van der Waals surface area (Å²) in [4.78, 5) is 59.3. The average molecular weight is 1040 g/mol. The van der Waals surface area contributed by atoms with E-state index in [1.165, 1.54) is 11.1 Å². The SMILES string of the molecule is CC(=Cc1ccnc(NC(N)=O)c1)c1ccccc1.CC(Cc1ccnc(NC(N)=O)c1)c1ccccc1.CC(Cc1ccnc(NC(N)=O)c1)c1ccccc1.CC(O)(Cc1ccnc(NC(N)=O)c1)c1ccccc1. The van der Waals surface area contributed by atoms with Gasteiger partial charge in [0.1, 0.15) is 23.3 Å². The molecule has 3 unspecified atom stereocenters. The van der Waals surface area contributed by atoms with Crippen molar-refractivity contribution in [3.05, 3.63) is 239 Å². The predicted octanol–water partition coefficient (Wildman–Crippen LogP) is 11.0. The van der Waals surface area contributed by atoms with Crippen LogP contribution in [-0.2, 0) is 24.9 Å². The number of rotatable bonds is 15. The fraction of sp³-hybridized carbons (Fsp3) is 0.167. The lowest BCUT2D eigenvalue weighted by atomic mass is 9.89. The second-order valence-corrected chi connectivity index (χ2v) is 18.1. The van der Waals surface area contributed by atoms with Crippen LogP contribution in [0.1, 0.15) is 84.0 Å². The maximum Gasteiger partial charge on any atom is 0.317 e. The molecule has 13 N–H and O–H groups in total. The highest BCUT2D eigenvalue weighted by molar-refractivity contribution is 5.89. The number of benzene rings is 4. The van der Waals surface area contributed by atoms with E-state index in [4.69, 9.17) is 22.9 Å². The second kappa shape index (κ2) is 29.8. The molecule has 0 saturated carbocycles. The number of pyridine rings is 4. The Hall–Kier alpha value is -9.74. The summed E-state index contributed by atoms with van der Waals surface area (Å²) < 4.78 is 0. The van der Waals surface area contributed by atoms with Crippen LogP contribution in [0.5, 0.6) is 0 Å². The number of nitrogens with zero attached hydrogens (tertiary/aromatic N) is 4. The summed E-state index contributed by atoms with van der Waals surface area (Å²) in [5.74, 6) is 2.62. The lowest BCUT2D eigenvalue weighted by Gasteiger charge is -2.24. The number of hydrogen-bond donors (Lipinski definition) is 9. The molecule has 396 valence electrons. The Kier molecular flexibility index (Phi) is 22.5. The van der Waals surface area contributed by atoms with Crippen molar-refractivity contribution in [2.24, 2.45) is 22.9 Å². The van der Waals surface area contributed by atoms with Crippen LogP contribution in [0.3, 0.4) is 0 Å². The minimum absolute atomic E-state index is 0.374. The number of nitrogens with two attached hydrogens (primary N) is 4. The number of anilines is 4. The monoisotopic (exact) mass is 1030 g/mol. The molecule has 17 nitrogen and oxygen atoms in total. The zero-order valence-electron chi connectivity index (χ0n) is 43.5. The van der Waals surface area contributed by atoms with Crippen LogP contribution in [0.2, 0.25) is 0 Å². The molecule has 4 heterocycles. The van der Waals surface area contributed by atoms with E-state index < -0.39 is 29.7 Å². The minimum Gasteiger partial charge on any atom is -0.385 e. The summed E-state index contributed by atoms with van der Waals surface area (Å²) in [5, 5.41) is 20.4. The van der Waals surface area contributed by atoms with Gasteiger partial charge in [0.2, 0.25) is 0 Å². The van der Waals surface area contributed by atoms with Gasteiger partial charge in [-0.2, -0.15) is 0 Å². The molecule has 0 aliphatic heterocycles. The molecule has 0 saturated heterocycles. The Balaban J connectivity index is 0.000000189. The number of carbonyl (C=O) groups is 4. The van der Waals surface area contributed by atoms with Crippen LogP contribution in [0.15, 0.2) is 195 Å². The van der Waals surface area contributed by atoms with Crippen LogP contribution < -0.4 is 44.2 Å². The van der Waals surface area contributed by atoms with E-state index >= 15 is 0 Å². The van der Waals surface area contributed by atoms with Gasteiger partial charge in [-0.25, -0.2) is 39.1 Å².